The maximum atomic E-state index is 12.8. The lowest BCUT2D eigenvalue weighted by molar-refractivity contribution is -0.119. The molecule has 2 aromatic rings. The summed E-state index contributed by atoms with van der Waals surface area (Å²) in [5, 5.41) is 0. The number of fused-ring (bicyclic) bond motifs is 1. The van der Waals surface area contributed by atoms with E-state index in [0.717, 1.165) is 0 Å². The van der Waals surface area contributed by atoms with E-state index in [2.05, 4.69) is 0 Å². The number of rotatable bonds is 7. The minimum atomic E-state index is -0.593. The van der Waals surface area contributed by atoms with Gasteiger partial charge < -0.3 is 29.4 Å². The Kier molecular flexibility index (Phi) is 5.63. The Balaban J connectivity index is 1.97. The van der Waals surface area contributed by atoms with Gasteiger partial charge in [0.05, 0.1) is 26.9 Å². The van der Waals surface area contributed by atoms with Crippen LogP contribution in [-0.4, -0.2) is 39.6 Å². The molecule has 1 amide bonds. The van der Waals surface area contributed by atoms with Gasteiger partial charge in [0.2, 0.25) is 11.5 Å². The number of allylic oxidation sites excluding steroid dienone is 1. The minimum Gasteiger partial charge on any atom is -0.493 e. The number of benzene rings is 2. The molecule has 2 N–H and O–H groups in total. The Labute approximate surface area is 167 Å². The highest BCUT2D eigenvalue weighted by molar-refractivity contribution is 6.15. The first-order valence-corrected chi connectivity index (χ1v) is 8.68. The fraction of sp³-hybridized carbons (Fsp3) is 0.238. The molecule has 0 aromatic heterocycles. The number of ether oxygens (including phenoxy) is 5. The quantitative estimate of drug-likeness (QED) is 0.713. The summed E-state index contributed by atoms with van der Waals surface area (Å²) < 4.78 is 27.2. The Bertz CT molecular complexity index is 985. The smallest absolute Gasteiger partial charge is 0.255 e. The Morgan fingerprint density at radius 3 is 2.28 bits per heavy atom. The first-order valence-electron chi connectivity index (χ1n) is 8.68. The lowest BCUT2D eigenvalue weighted by Crippen LogP contribution is -2.20. The Morgan fingerprint density at radius 2 is 1.72 bits per heavy atom. The topological polar surface area (TPSA) is 106 Å². The van der Waals surface area contributed by atoms with Gasteiger partial charge in [-0.3, -0.25) is 9.59 Å². The van der Waals surface area contributed by atoms with Crippen LogP contribution in [0.1, 0.15) is 21.5 Å². The van der Waals surface area contributed by atoms with Gasteiger partial charge in [0.25, 0.3) is 5.91 Å². The van der Waals surface area contributed by atoms with E-state index >= 15 is 0 Å². The summed E-state index contributed by atoms with van der Waals surface area (Å²) in [6.07, 6.45) is 1.59. The van der Waals surface area contributed by atoms with E-state index in [9.17, 15) is 9.59 Å². The number of hydrogen-bond acceptors (Lipinski definition) is 7. The normalized spacial score (nSPS) is 13.7. The number of hydrogen-bond donors (Lipinski definition) is 1. The molecule has 8 heteroatoms. The molecule has 0 aliphatic carbocycles. The van der Waals surface area contributed by atoms with Crippen LogP contribution < -0.4 is 29.4 Å². The predicted molar refractivity (Wildman–Crippen MR) is 105 cm³/mol. The maximum absolute atomic E-state index is 12.8. The van der Waals surface area contributed by atoms with Crippen molar-refractivity contribution in [1.82, 2.24) is 0 Å². The first-order chi connectivity index (χ1) is 13.9. The van der Waals surface area contributed by atoms with E-state index in [-0.39, 0.29) is 18.1 Å². The van der Waals surface area contributed by atoms with Crippen molar-refractivity contribution in [3.05, 3.63) is 46.7 Å². The second-order valence-corrected chi connectivity index (χ2v) is 6.22. The SMILES string of the molecule is COc1cc(C=C2Oc3c(ccc(OCC(N)=O)c3C)C2=O)cc(OC)c1OC. The molecule has 0 radical (unpaired) electrons. The van der Waals surface area contributed by atoms with Crippen LogP contribution in [0.25, 0.3) is 6.08 Å². The minimum absolute atomic E-state index is 0.143. The molecule has 0 saturated carbocycles. The number of primary amides is 1. The predicted octanol–water partition coefficient (Wildman–Crippen LogP) is 2.50. The lowest BCUT2D eigenvalue weighted by Gasteiger charge is -2.13. The zero-order valence-electron chi connectivity index (χ0n) is 16.5. The maximum Gasteiger partial charge on any atom is 0.255 e. The second kappa shape index (κ2) is 8.14. The first kappa shape index (κ1) is 20.1. The molecule has 1 aliphatic rings. The monoisotopic (exact) mass is 399 g/mol. The highest BCUT2D eigenvalue weighted by Gasteiger charge is 2.30. The fourth-order valence-corrected chi connectivity index (χ4v) is 3.01. The Hall–Kier alpha value is -3.68. The number of Topliss-reactive ketones (excluding diaryl/α,β-unsaturated/α-hetero) is 1. The molecule has 0 atom stereocenters. The van der Waals surface area contributed by atoms with E-state index in [4.69, 9.17) is 29.4 Å². The summed E-state index contributed by atoms with van der Waals surface area (Å²) in [7, 11) is 4.54. The van der Waals surface area contributed by atoms with E-state index in [0.29, 0.717) is 45.4 Å². The standard InChI is InChI=1S/C21H21NO7/c1-11-14(28-10-18(22)23)6-5-13-19(24)15(29-20(11)13)7-12-8-16(25-2)21(27-4)17(9-12)26-3/h5-9H,10H2,1-4H3,(H2,22,23). The largest absolute Gasteiger partial charge is 0.493 e. The Morgan fingerprint density at radius 1 is 1.07 bits per heavy atom. The molecule has 1 aliphatic heterocycles. The highest BCUT2D eigenvalue weighted by Crippen LogP contribution is 2.41. The zero-order chi connectivity index (χ0) is 21.1. The average molecular weight is 399 g/mol. The third kappa shape index (κ3) is 3.82. The second-order valence-electron chi connectivity index (χ2n) is 6.22. The van der Waals surface area contributed by atoms with Gasteiger partial charge in [-0.2, -0.15) is 0 Å². The highest BCUT2D eigenvalue weighted by atomic mass is 16.5. The number of methoxy groups -OCH3 is 3. The van der Waals surface area contributed by atoms with Gasteiger partial charge in [0.1, 0.15) is 11.5 Å². The van der Waals surface area contributed by atoms with Crippen LogP contribution in [0.2, 0.25) is 0 Å². The van der Waals surface area contributed by atoms with Crippen molar-refractivity contribution < 1.29 is 33.3 Å². The van der Waals surface area contributed by atoms with Crippen molar-refractivity contribution in [3.63, 3.8) is 0 Å². The summed E-state index contributed by atoms with van der Waals surface area (Å²) in [4.78, 5) is 23.7. The molecule has 152 valence electrons. The molecular formula is C21H21NO7. The number of ketones is 1. The van der Waals surface area contributed by atoms with Gasteiger partial charge >= 0.3 is 0 Å². The molecule has 2 aromatic carbocycles. The number of carbonyl (C=O) groups is 2. The molecule has 0 fully saturated rings. The van der Waals surface area contributed by atoms with Crippen LogP contribution in [0.5, 0.6) is 28.7 Å². The molecule has 0 unspecified atom stereocenters. The van der Waals surface area contributed by atoms with Crippen LogP contribution >= 0.6 is 0 Å². The molecular weight excluding hydrogens is 378 g/mol. The van der Waals surface area contributed by atoms with Crippen molar-refractivity contribution in [2.45, 2.75) is 6.92 Å². The zero-order valence-corrected chi connectivity index (χ0v) is 16.5. The van der Waals surface area contributed by atoms with Gasteiger partial charge in [-0.05, 0) is 42.8 Å². The molecule has 29 heavy (non-hydrogen) atoms. The van der Waals surface area contributed by atoms with Crippen molar-refractivity contribution in [3.8, 4) is 28.7 Å². The summed E-state index contributed by atoms with van der Waals surface area (Å²) in [6, 6.07) is 6.63. The van der Waals surface area contributed by atoms with Crippen LogP contribution in [-0.2, 0) is 4.79 Å². The number of nitrogens with two attached hydrogens (primary N) is 1. The molecule has 0 saturated heterocycles. The summed E-state index contributed by atoms with van der Waals surface area (Å²) in [5.41, 5.74) is 6.76. The number of amides is 1. The van der Waals surface area contributed by atoms with Crippen molar-refractivity contribution >= 4 is 17.8 Å². The summed E-state index contributed by atoms with van der Waals surface area (Å²) >= 11 is 0. The van der Waals surface area contributed by atoms with Gasteiger partial charge in [-0.25, -0.2) is 0 Å². The average Bonchev–Trinajstić information content (AvgIpc) is 3.02. The number of carbonyl (C=O) groups excluding carboxylic acids is 2. The van der Waals surface area contributed by atoms with Crippen molar-refractivity contribution in [2.24, 2.45) is 5.73 Å². The van der Waals surface area contributed by atoms with Gasteiger partial charge in [0, 0.05) is 5.56 Å². The van der Waals surface area contributed by atoms with Crippen LogP contribution in [0, 0.1) is 6.92 Å². The molecule has 0 bridgehead atoms. The van der Waals surface area contributed by atoms with Crippen molar-refractivity contribution in [2.75, 3.05) is 27.9 Å². The van der Waals surface area contributed by atoms with Gasteiger partial charge in [-0.15, -0.1) is 0 Å². The third-order valence-electron chi connectivity index (χ3n) is 4.39. The van der Waals surface area contributed by atoms with E-state index in [1.54, 1.807) is 37.3 Å². The summed E-state index contributed by atoms with van der Waals surface area (Å²) in [6.45, 7) is 1.48. The molecule has 1 heterocycles. The van der Waals surface area contributed by atoms with Crippen LogP contribution in [0.4, 0.5) is 0 Å². The lowest BCUT2D eigenvalue weighted by atomic mass is 10.1. The van der Waals surface area contributed by atoms with E-state index in [1.165, 1.54) is 21.3 Å². The molecule has 3 rings (SSSR count). The fourth-order valence-electron chi connectivity index (χ4n) is 3.01. The van der Waals surface area contributed by atoms with Crippen LogP contribution in [0.3, 0.4) is 0 Å². The van der Waals surface area contributed by atoms with E-state index in [1.807, 2.05) is 0 Å². The summed E-state index contributed by atoms with van der Waals surface area (Å²) in [5.74, 6) is 1.46. The van der Waals surface area contributed by atoms with Gasteiger partial charge in [0.15, 0.2) is 23.9 Å². The van der Waals surface area contributed by atoms with Crippen molar-refractivity contribution in [1.29, 1.82) is 0 Å². The third-order valence-corrected chi connectivity index (χ3v) is 4.39. The van der Waals surface area contributed by atoms with Gasteiger partial charge in [-0.1, -0.05) is 0 Å². The van der Waals surface area contributed by atoms with Crippen LogP contribution in [0.15, 0.2) is 30.0 Å². The molecule has 0 spiro atoms. The van der Waals surface area contributed by atoms with E-state index < -0.39 is 5.91 Å². The molecule has 8 nitrogen and oxygen atoms in total.